The van der Waals surface area contributed by atoms with Crippen LogP contribution < -0.4 is 0 Å². The van der Waals surface area contributed by atoms with E-state index in [0.29, 0.717) is 5.92 Å². The first kappa shape index (κ1) is 14.5. The second-order valence-corrected chi connectivity index (χ2v) is 6.52. The molecule has 0 amide bonds. The molecule has 1 heterocycles. The van der Waals surface area contributed by atoms with Crippen LogP contribution in [0.5, 0.6) is 0 Å². The molecule has 1 fully saturated rings. The lowest BCUT2D eigenvalue weighted by Crippen LogP contribution is -2.21. The molecule has 2 heteroatoms. The van der Waals surface area contributed by atoms with Gasteiger partial charge in [0, 0.05) is 11.1 Å². The summed E-state index contributed by atoms with van der Waals surface area (Å²) < 4.78 is 0. The predicted molar refractivity (Wildman–Crippen MR) is 87.2 cm³/mol. The maximum Gasteiger partial charge on any atom is 0.0825 e. The van der Waals surface area contributed by atoms with Gasteiger partial charge in [-0.2, -0.15) is 0 Å². The van der Waals surface area contributed by atoms with E-state index >= 15 is 0 Å². The number of para-hydroxylation sites is 1. The molecule has 0 aliphatic heterocycles. The van der Waals surface area contributed by atoms with Crippen LogP contribution in [0.2, 0.25) is 0 Å². The SMILES string of the molecule is CCC1CCCC(C(O)c2cc(C)nc3ccccc23)C1. The molecule has 1 aliphatic carbocycles. The molecule has 1 N–H and O–H groups in total. The van der Waals surface area contributed by atoms with Crippen LogP contribution in [0.15, 0.2) is 30.3 Å². The molecule has 2 aromatic rings. The standard InChI is InChI=1S/C19H25NO/c1-3-14-7-6-8-15(12-14)19(21)17-11-13(2)20-18-10-5-4-9-16(17)18/h4-5,9-11,14-15,19,21H,3,6-8,12H2,1-2H3. The summed E-state index contributed by atoms with van der Waals surface area (Å²) in [5.74, 6) is 1.18. The first-order chi connectivity index (χ1) is 10.2. The normalized spacial score (nSPS) is 24.1. The van der Waals surface area contributed by atoms with E-state index in [-0.39, 0.29) is 6.10 Å². The Morgan fingerprint density at radius 3 is 2.90 bits per heavy atom. The zero-order valence-electron chi connectivity index (χ0n) is 13.0. The van der Waals surface area contributed by atoms with Gasteiger partial charge in [0.05, 0.1) is 11.6 Å². The molecule has 2 nitrogen and oxygen atoms in total. The van der Waals surface area contributed by atoms with Gasteiger partial charge in [0.15, 0.2) is 0 Å². The van der Waals surface area contributed by atoms with Crippen LogP contribution in [0.3, 0.4) is 0 Å². The highest BCUT2D eigenvalue weighted by molar-refractivity contribution is 5.82. The van der Waals surface area contributed by atoms with Crippen molar-refractivity contribution >= 4 is 10.9 Å². The highest BCUT2D eigenvalue weighted by Gasteiger charge is 2.28. The van der Waals surface area contributed by atoms with Gasteiger partial charge in [-0.3, -0.25) is 4.98 Å². The number of hydrogen-bond acceptors (Lipinski definition) is 2. The molecule has 0 radical (unpaired) electrons. The Morgan fingerprint density at radius 1 is 1.29 bits per heavy atom. The maximum atomic E-state index is 11.0. The van der Waals surface area contributed by atoms with Gasteiger partial charge in [-0.25, -0.2) is 0 Å². The van der Waals surface area contributed by atoms with Crippen molar-refractivity contribution in [3.8, 4) is 0 Å². The number of aryl methyl sites for hydroxylation is 1. The molecule has 112 valence electrons. The summed E-state index contributed by atoms with van der Waals surface area (Å²) in [7, 11) is 0. The van der Waals surface area contributed by atoms with Crippen molar-refractivity contribution in [3.05, 3.63) is 41.6 Å². The van der Waals surface area contributed by atoms with Crippen molar-refractivity contribution in [2.24, 2.45) is 11.8 Å². The van der Waals surface area contributed by atoms with E-state index in [9.17, 15) is 5.11 Å². The number of fused-ring (bicyclic) bond motifs is 1. The van der Waals surface area contributed by atoms with Crippen molar-refractivity contribution in [1.82, 2.24) is 4.98 Å². The van der Waals surface area contributed by atoms with Crippen LogP contribution in [-0.2, 0) is 0 Å². The summed E-state index contributed by atoms with van der Waals surface area (Å²) >= 11 is 0. The number of rotatable bonds is 3. The summed E-state index contributed by atoms with van der Waals surface area (Å²) in [6, 6.07) is 10.2. The zero-order valence-corrected chi connectivity index (χ0v) is 13.0. The topological polar surface area (TPSA) is 33.1 Å². The van der Waals surface area contributed by atoms with Crippen LogP contribution in [0.25, 0.3) is 10.9 Å². The summed E-state index contributed by atoms with van der Waals surface area (Å²) in [5, 5.41) is 12.1. The third-order valence-corrected chi connectivity index (χ3v) is 5.04. The van der Waals surface area contributed by atoms with Gasteiger partial charge >= 0.3 is 0 Å². The summed E-state index contributed by atoms with van der Waals surface area (Å²) in [6.07, 6.45) is 5.77. The Kier molecular flexibility index (Phi) is 4.25. The van der Waals surface area contributed by atoms with Crippen molar-refractivity contribution < 1.29 is 5.11 Å². The number of hydrogen-bond donors (Lipinski definition) is 1. The lowest BCUT2D eigenvalue weighted by molar-refractivity contribution is 0.0688. The maximum absolute atomic E-state index is 11.0. The number of nitrogens with zero attached hydrogens (tertiary/aromatic N) is 1. The molecule has 21 heavy (non-hydrogen) atoms. The number of aliphatic hydroxyl groups excluding tert-OH is 1. The minimum absolute atomic E-state index is 0.356. The van der Waals surface area contributed by atoms with Gasteiger partial charge < -0.3 is 5.11 Å². The predicted octanol–water partition coefficient (Wildman–Crippen LogP) is 4.79. The van der Waals surface area contributed by atoms with E-state index in [4.69, 9.17) is 0 Å². The van der Waals surface area contributed by atoms with E-state index in [0.717, 1.165) is 40.9 Å². The largest absolute Gasteiger partial charge is 0.388 e. The minimum Gasteiger partial charge on any atom is -0.388 e. The van der Waals surface area contributed by atoms with E-state index < -0.39 is 0 Å². The molecule has 1 aromatic heterocycles. The average molecular weight is 283 g/mol. The van der Waals surface area contributed by atoms with Gasteiger partial charge in [-0.05, 0) is 49.3 Å². The number of pyridine rings is 1. The van der Waals surface area contributed by atoms with E-state index in [1.807, 2.05) is 25.1 Å². The number of benzene rings is 1. The first-order valence-corrected chi connectivity index (χ1v) is 8.23. The summed E-state index contributed by atoms with van der Waals surface area (Å²) in [4.78, 5) is 4.58. The molecule has 0 spiro atoms. The molecule has 3 rings (SSSR count). The van der Waals surface area contributed by atoms with Crippen molar-refractivity contribution in [2.45, 2.75) is 52.1 Å². The smallest absolute Gasteiger partial charge is 0.0825 e. The third kappa shape index (κ3) is 2.96. The second kappa shape index (κ2) is 6.15. The minimum atomic E-state index is -0.356. The molecular weight excluding hydrogens is 258 g/mol. The number of aromatic nitrogens is 1. The van der Waals surface area contributed by atoms with Crippen LogP contribution in [-0.4, -0.2) is 10.1 Å². The molecule has 0 saturated heterocycles. The molecule has 1 saturated carbocycles. The molecular formula is C19H25NO. The van der Waals surface area contributed by atoms with Crippen LogP contribution in [0.1, 0.15) is 56.4 Å². The Labute approximate surface area is 127 Å². The lowest BCUT2D eigenvalue weighted by atomic mass is 9.76. The van der Waals surface area contributed by atoms with Crippen molar-refractivity contribution in [2.75, 3.05) is 0 Å². The van der Waals surface area contributed by atoms with Gasteiger partial charge in [-0.1, -0.05) is 44.4 Å². The third-order valence-electron chi connectivity index (χ3n) is 5.04. The van der Waals surface area contributed by atoms with Crippen molar-refractivity contribution in [1.29, 1.82) is 0 Å². The van der Waals surface area contributed by atoms with Crippen LogP contribution in [0.4, 0.5) is 0 Å². The second-order valence-electron chi connectivity index (χ2n) is 6.52. The first-order valence-electron chi connectivity index (χ1n) is 8.23. The highest BCUT2D eigenvalue weighted by atomic mass is 16.3. The molecule has 3 unspecified atom stereocenters. The van der Waals surface area contributed by atoms with Gasteiger partial charge in [0.25, 0.3) is 0 Å². The van der Waals surface area contributed by atoms with Gasteiger partial charge in [-0.15, -0.1) is 0 Å². The fraction of sp³-hybridized carbons (Fsp3) is 0.526. The molecule has 0 bridgehead atoms. The molecule has 1 aromatic carbocycles. The zero-order chi connectivity index (χ0) is 14.8. The number of aliphatic hydroxyl groups is 1. The van der Waals surface area contributed by atoms with Crippen LogP contribution in [0, 0.1) is 18.8 Å². The molecule has 3 atom stereocenters. The van der Waals surface area contributed by atoms with E-state index in [2.05, 4.69) is 24.0 Å². The van der Waals surface area contributed by atoms with Crippen molar-refractivity contribution in [3.63, 3.8) is 0 Å². The van der Waals surface area contributed by atoms with Crippen LogP contribution >= 0.6 is 0 Å². The fourth-order valence-corrected chi connectivity index (χ4v) is 3.83. The quantitative estimate of drug-likeness (QED) is 0.878. The van der Waals surface area contributed by atoms with E-state index in [1.165, 1.54) is 19.3 Å². The Hall–Kier alpha value is -1.41. The summed E-state index contributed by atoms with van der Waals surface area (Å²) in [5.41, 5.74) is 3.06. The summed E-state index contributed by atoms with van der Waals surface area (Å²) in [6.45, 7) is 4.28. The van der Waals surface area contributed by atoms with E-state index in [1.54, 1.807) is 0 Å². The average Bonchev–Trinajstić information content (AvgIpc) is 2.53. The monoisotopic (exact) mass is 283 g/mol. The fourth-order valence-electron chi connectivity index (χ4n) is 3.83. The van der Waals surface area contributed by atoms with Gasteiger partial charge in [0.2, 0.25) is 0 Å². The molecule has 1 aliphatic rings. The highest BCUT2D eigenvalue weighted by Crippen LogP contribution is 2.40. The Morgan fingerprint density at radius 2 is 2.10 bits per heavy atom. The Bertz CT molecular complexity index is 622. The lowest BCUT2D eigenvalue weighted by Gasteiger charge is -2.32. The Balaban J connectivity index is 1.95. The van der Waals surface area contributed by atoms with Gasteiger partial charge in [0.1, 0.15) is 0 Å².